The van der Waals surface area contributed by atoms with Gasteiger partial charge in [-0.2, -0.15) is 4.99 Å². The van der Waals surface area contributed by atoms with Gasteiger partial charge in [-0.1, -0.05) is 19.9 Å². The molecular formula is C12H20N4S. The lowest BCUT2D eigenvalue weighted by Gasteiger charge is -2.29. The van der Waals surface area contributed by atoms with Crippen molar-refractivity contribution in [1.29, 1.82) is 0 Å². The van der Waals surface area contributed by atoms with E-state index in [9.17, 15) is 0 Å². The minimum atomic E-state index is -0.0288. The van der Waals surface area contributed by atoms with Crippen LogP contribution in [0.15, 0.2) is 28.4 Å². The second-order valence-electron chi connectivity index (χ2n) is 4.68. The third-order valence-corrected chi connectivity index (χ3v) is 3.25. The molecule has 94 valence electrons. The van der Waals surface area contributed by atoms with Crippen molar-refractivity contribution in [2.45, 2.75) is 33.6 Å². The summed E-state index contributed by atoms with van der Waals surface area (Å²) in [6.07, 6.45) is 6.40. The quantitative estimate of drug-likeness (QED) is 0.398. The summed E-state index contributed by atoms with van der Waals surface area (Å²) in [5, 5.41) is 3.33. The van der Waals surface area contributed by atoms with Gasteiger partial charge in [0.25, 0.3) is 0 Å². The van der Waals surface area contributed by atoms with E-state index < -0.39 is 0 Å². The van der Waals surface area contributed by atoms with Gasteiger partial charge in [0.05, 0.1) is 0 Å². The lowest BCUT2D eigenvalue weighted by Crippen LogP contribution is -2.29. The van der Waals surface area contributed by atoms with E-state index in [0.717, 1.165) is 18.5 Å². The number of aliphatic imine (C=N–C) groups is 1. The molecule has 0 saturated carbocycles. The topological polar surface area (TPSA) is 76.4 Å². The number of guanidine groups is 1. The molecule has 4 nitrogen and oxygen atoms in total. The maximum absolute atomic E-state index is 5.26. The molecule has 1 aliphatic carbocycles. The fourth-order valence-electron chi connectivity index (χ4n) is 1.84. The minimum absolute atomic E-state index is 0.0288. The number of allylic oxidation sites excluding steroid dienone is 3. The zero-order valence-corrected chi connectivity index (χ0v) is 11.4. The van der Waals surface area contributed by atoms with Crippen molar-refractivity contribution in [1.82, 2.24) is 5.32 Å². The molecule has 5 N–H and O–H groups in total. The third kappa shape index (κ3) is 3.85. The molecule has 5 heteroatoms. The molecule has 1 atom stereocenters. The summed E-state index contributed by atoms with van der Waals surface area (Å²) in [7, 11) is 0. The zero-order chi connectivity index (χ0) is 13.1. The highest BCUT2D eigenvalue weighted by Gasteiger charge is 2.23. The molecule has 0 radical (unpaired) electrons. The summed E-state index contributed by atoms with van der Waals surface area (Å²) >= 11 is 5.02. The van der Waals surface area contributed by atoms with Crippen LogP contribution in [0.3, 0.4) is 0 Å². The summed E-state index contributed by atoms with van der Waals surface area (Å²) in [6.45, 7) is 6.54. The Kier molecular flexibility index (Phi) is 4.28. The lowest BCUT2D eigenvalue weighted by molar-refractivity contribution is 0.399. The molecular weight excluding hydrogens is 232 g/mol. The molecule has 0 aromatic carbocycles. The Labute approximate surface area is 108 Å². The third-order valence-electron chi connectivity index (χ3n) is 3.06. The van der Waals surface area contributed by atoms with Crippen molar-refractivity contribution in [2.75, 3.05) is 0 Å². The van der Waals surface area contributed by atoms with E-state index >= 15 is 0 Å². The molecule has 0 heterocycles. The first-order valence-electron chi connectivity index (χ1n) is 5.66. The molecule has 0 bridgehead atoms. The molecule has 0 aromatic heterocycles. The average Bonchev–Trinajstić information content (AvgIpc) is 2.21. The second kappa shape index (κ2) is 5.31. The van der Waals surface area contributed by atoms with Gasteiger partial charge < -0.3 is 16.8 Å². The van der Waals surface area contributed by atoms with E-state index in [1.807, 2.05) is 0 Å². The fourth-order valence-corrected chi connectivity index (χ4v) is 2.05. The number of nitrogens with zero attached hydrogens (tertiary/aromatic N) is 1. The number of nitrogens with two attached hydrogens (primary N) is 2. The van der Waals surface area contributed by atoms with E-state index in [0.29, 0.717) is 5.11 Å². The smallest absolute Gasteiger partial charge is 0.200 e. The van der Waals surface area contributed by atoms with Gasteiger partial charge >= 0.3 is 0 Å². The van der Waals surface area contributed by atoms with E-state index in [1.54, 1.807) is 0 Å². The SMILES string of the molecule is CCC1(C)C=CC(NC(=S)N=C(N)N)=C(C)C1. The van der Waals surface area contributed by atoms with Crippen LogP contribution < -0.4 is 16.8 Å². The first-order valence-corrected chi connectivity index (χ1v) is 6.07. The number of nitrogens with one attached hydrogen (secondary N) is 1. The van der Waals surface area contributed by atoms with E-state index in [4.69, 9.17) is 23.7 Å². The van der Waals surface area contributed by atoms with Crippen LogP contribution in [0.2, 0.25) is 0 Å². The van der Waals surface area contributed by atoms with Crippen LogP contribution in [-0.4, -0.2) is 11.1 Å². The number of hydrogen-bond acceptors (Lipinski definition) is 1. The average molecular weight is 252 g/mol. The van der Waals surface area contributed by atoms with Crippen LogP contribution in [0.25, 0.3) is 0 Å². The van der Waals surface area contributed by atoms with Gasteiger partial charge in [0.2, 0.25) is 5.11 Å². The van der Waals surface area contributed by atoms with Crippen molar-refractivity contribution in [3.05, 3.63) is 23.4 Å². The highest BCUT2D eigenvalue weighted by molar-refractivity contribution is 7.80. The van der Waals surface area contributed by atoms with E-state index in [-0.39, 0.29) is 11.4 Å². The van der Waals surface area contributed by atoms with Crippen molar-refractivity contribution in [3.63, 3.8) is 0 Å². The predicted molar refractivity (Wildman–Crippen MR) is 76.4 cm³/mol. The number of hydrogen-bond donors (Lipinski definition) is 3. The normalized spacial score (nSPS) is 23.5. The van der Waals surface area contributed by atoms with Crippen molar-refractivity contribution in [3.8, 4) is 0 Å². The summed E-state index contributed by atoms with van der Waals surface area (Å²) in [6, 6.07) is 0. The Morgan fingerprint density at radius 2 is 2.24 bits per heavy atom. The van der Waals surface area contributed by atoms with Crippen molar-refractivity contribution < 1.29 is 0 Å². The van der Waals surface area contributed by atoms with Crippen LogP contribution in [0.4, 0.5) is 0 Å². The molecule has 17 heavy (non-hydrogen) atoms. The van der Waals surface area contributed by atoms with Crippen LogP contribution in [0, 0.1) is 5.41 Å². The molecule has 0 saturated heterocycles. The number of thiocarbonyl (C=S) groups is 1. The molecule has 0 aromatic rings. The lowest BCUT2D eigenvalue weighted by atomic mass is 9.78. The summed E-state index contributed by atoms with van der Waals surface area (Å²) in [4.78, 5) is 3.79. The Hall–Kier alpha value is -1.36. The monoisotopic (exact) mass is 252 g/mol. The Morgan fingerprint density at radius 3 is 2.71 bits per heavy atom. The molecule has 1 rings (SSSR count). The second-order valence-corrected chi connectivity index (χ2v) is 5.07. The molecule has 0 fully saturated rings. The van der Waals surface area contributed by atoms with Gasteiger partial charge in [-0.25, -0.2) is 0 Å². The first kappa shape index (κ1) is 13.7. The molecule has 1 aliphatic rings. The summed E-state index contributed by atoms with van der Waals surface area (Å²) < 4.78 is 0. The summed E-state index contributed by atoms with van der Waals surface area (Å²) in [5.74, 6) is -0.0288. The van der Waals surface area contributed by atoms with Crippen molar-refractivity contribution in [2.24, 2.45) is 21.9 Å². The van der Waals surface area contributed by atoms with E-state index in [1.165, 1.54) is 5.57 Å². The van der Waals surface area contributed by atoms with Crippen molar-refractivity contribution >= 4 is 23.3 Å². The van der Waals surface area contributed by atoms with Crippen LogP contribution in [0.5, 0.6) is 0 Å². The Bertz CT molecular complexity index is 405. The molecule has 0 amide bonds. The number of rotatable bonds is 2. The fraction of sp³-hybridized carbons (Fsp3) is 0.500. The van der Waals surface area contributed by atoms with Gasteiger partial charge in [-0.3, -0.25) is 0 Å². The Morgan fingerprint density at radius 1 is 1.59 bits per heavy atom. The zero-order valence-electron chi connectivity index (χ0n) is 10.6. The van der Waals surface area contributed by atoms with Crippen LogP contribution in [0.1, 0.15) is 33.6 Å². The van der Waals surface area contributed by atoms with Gasteiger partial charge in [-0.15, -0.1) is 0 Å². The predicted octanol–water partition coefficient (Wildman–Crippen LogP) is 1.78. The van der Waals surface area contributed by atoms with Crippen LogP contribution in [-0.2, 0) is 0 Å². The van der Waals surface area contributed by atoms with Gasteiger partial charge in [0.1, 0.15) is 0 Å². The standard InChI is InChI=1S/C12H20N4S/c1-4-12(3)6-5-9(8(2)7-12)15-11(17)16-10(13)14/h5-6H,4,7H2,1-3H3,(H5,13,14,15,16,17). The summed E-state index contributed by atoms with van der Waals surface area (Å²) in [5.41, 5.74) is 13.0. The maximum atomic E-state index is 5.26. The molecule has 1 unspecified atom stereocenters. The highest BCUT2D eigenvalue weighted by atomic mass is 32.1. The molecule has 0 aliphatic heterocycles. The van der Waals surface area contributed by atoms with Gasteiger partial charge in [-0.05, 0) is 49.0 Å². The Balaban J connectivity index is 2.76. The first-order chi connectivity index (χ1) is 7.86. The van der Waals surface area contributed by atoms with Gasteiger partial charge in [0.15, 0.2) is 5.96 Å². The largest absolute Gasteiger partial charge is 0.370 e. The van der Waals surface area contributed by atoms with Crippen LogP contribution >= 0.6 is 12.2 Å². The molecule has 0 spiro atoms. The highest BCUT2D eigenvalue weighted by Crippen LogP contribution is 2.35. The minimum Gasteiger partial charge on any atom is -0.370 e. The maximum Gasteiger partial charge on any atom is 0.200 e. The van der Waals surface area contributed by atoms with E-state index in [2.05, 4.69) is 43.2 Å². The van der Waals surface area contributed by atoms with Gasteiger partial charge in [0, 0.05) is 5.70 Å².